The molecule has 0 radical (unpaired) electrons. The Balaban J connectivity index is 1.54. The van der Waals surface area contributed by atoms with Gasteiger partial charge in [-0.25, -0.2) is 9.59 Å². The number of carbonyl (C=O) groups is 2. The SMILES string of the molecule is CCOC(=O)c1sc(-c2cccs2)cc1-c1ccc(-c2cc(-c3cccs3)sc2C(=O)OCC)cc1. The first-order valence-electron chi connectivity index (χ1n) is 11.4. The number of hydrogen-bond acceptors (Lipinski definition) is 8. The molecule has 182 valence electrons. The number of carbonyl (C=O) groups excluding carboxylic acids is 2. The first-order valence-corrected chi connectivity index (χ1v) is 14.8. The Morgan fingerprint density at radius 3 is 1.39 bits per heavy atom. The zero-order valence-corrected chi connectivity index (χ0v) is 22.9. The first kappa shape index (κ1) is 24.6. The van der Waals surface area contributed by atoms with Crippen molar-refractivity contribution in [3.8, 4) is 41.8 Å². The fourth-order valence-corrected chi connectivity index (χ4v) is 7.62. The van der Waals surface area contributed by atoms with E-state index in [4.69, 9.17) is 9.47 Å². The summed E-state index contributed by atoms with van der Waals surface area (Å²) < 4.78 is 10.7. The normalized spacial score (nSPS) is 10.9. The highest BCUT2D eigenvalue weighted by Gasteiger charge is 2.22. The molecular weight excluding hydrogens is 529 g/mol. The average Bonchev–Trinajstić information content (AvgIpc) is 3.70. The van der Waals surface area contributed by atoms with E-state index >= 15 is 0 Å². The molecule has 0 amide bonds. The molecule has 0 aliphatic heterocycles. The van der Waals surface area contributed by atoms with Crippen molar-refractivity contribution in [3.63, 3.8) is 0 Å². The van der Waals surface area contributed by atoms with E-state index in [1.807, 2.05) is 61.0 Å². The molecule has 0 fully saturated rings. The monoisotopic (exact) mass is 550 g/mol. The lowest BCUT2D eigenvalue weighted by Gasteiger charge is -2.07. The van der Waals surface area contributed by atoms with E-state index < -0.39 is 0 Å². The molecule has 0 aliphatic rings. The molecule has 0 spiro atoms. The van der Waals surface area contributed by atoms with Gasteiger partial charge in [0.1, 0.15) is 9.75 Å². The van der Waals surface area contributed by atoms with Gasteiger partial charge in [-0.1, -0.05) is 36.4 Å². The van der Waals surface area contributed by atoms with E-state index in [1.54, 1.807) is 22.7 Å². The van der Waals surface area contributed by atoms with Crippen molar-refractivity contribution in [2.75, 3.05) is 13.2 Å². The largest absolute Gasteiger partial charge is 0.462 e. The molecule has 0 saturated carbocycles. The second-order valence-corrected chi connectivity index (χ2v) is 11.7. The third-order valence-electron chi connectivity index (χ3n) is 5.42. The van der Waals surface area contributed by atoms with E-state index in [-0.39, 0.29) is 11.9 Å². The fraction of sp³-hybridized carbons (Fsp3) is 0.143. The van der Waals surface area contributed by atoms with Gasteiger partial charge < -0.3 is 9.47 Å². The molecule has 0 bridgehead atoms. The molecule has 4 nitrogen and oxygen atoms in total. The van der Waals surface area contributed by atoms with Gasteiger partial charge in [0.15, 0.2) is 0 Å². The van der Waals surface area contributed by atoms with Crippen LogP contribution < -0.4 is 0 Å². The van der Waals surface area contributed by atoms with Gasteiger partial charge in [-0.15, -0.1) is 45.3 Å². The molecule has 0 atom stereocenters. The Hall–Kier alpha value is -3.04. The lowest BCUT2D eigenvalue weighted by atomic mass is 10.00. The van der Waals surface area contributed by atoms with Crippen molar-refractivity contribution >= 4 is 57.3 Å². The van der Waals surface area contributed by atoms with E-state index in [1.165, 1.54) is 22.7 Å². The number of hydrogen-bond donors (Lipinski definition) is 0. The molecule has 1 aromatic carbocycles. The number of thiophene rings is 4. The molecule has 0 N–H and O–H groups in total. The Morgan fingerprint density at radius 1 is 0.639 bits per heavy atom. The van der Waals surface area contributed by atoms with E-state index in [2.05, 4.69) is 24.3 Å². The van der Waals surface area contributed by atoms with Crippen molar-refractivity contribution in [1.29, 1.82) is 0 Å². The van der Waals surface area contributed by atoms with Crippen molar-refractivity contribution in [2.45, 2.75) is 13.8 Å². The maximum Gasteiger partial charge on any atom is 0.348 e. The van der Waals surface area contributed by atoms with Crippen LogP contribution in [0.4, 0.5) is 0 Å². The first-order chi connectivity index (χ1) is 17.6. The highest BCUT2D eigenvalue weighted by molar-refractivity contribution is 7.23. The van der Waals surface area contributed by atoms with Gasteiger partial charge in [0.2, 0.25) is 0 Å². The summed E-state index contributed by atoms with van der Waals surface area (Å²) >= 11 is 6.19. The van der Waals surface area contributed by atoms with E-state index in [0.717, 1.165) is 41.8 Å². The topological polar surface area (TPSA) is 52.6 Å². The van der Waals surface area contributed by atoms with Gasteiger partial charge in [-0.2, -0.15) is 0 Å². The summed E-state index contributed by atoms with van der Waals surface area (Å²) in [5.41, 5.74) is 3.55. The second kappa shape index (κ2) is 10.9. The van der Waals surface area contributed by atoms with Crippen LogP contribution in [0.5, 0.6) is 0 Å². The summed E-state index contributed by atoms with van der Waals surface area (Å²) in [5, 5.41) is 4.06. The molecule has 8 heteroatoms. The number of rotatable bonds is 8. The number of benzene rings is 1. The van der Waals surface area contributed by atoms with Crippen LogP contribution in [-0.2, 0) is 9.47 Å². The van der Waals surface area contributed by atoms with Crippen molar-refractivity contribution in [1.82, 2.24) is 0 Å². The molecular formula is C28H22O4S4. The highest BCUT2D eigenvalue weighted by Crippen LogP contribution is 2.42. The summed E-state index contributed by atoms with van der Waals surface area (Å²) in [6.07, 6.45) is 0. The number of esters is 2. The van der Waals surface area contributed by atoms with Crippen LogP contribution in [0.25, 0.3) is 41.8 Å². The van der Waals surface area contributed by atoms with E-state index in [0.29, 0.717) is 23.0 Å². The van der Waals surface area contributed by atoms with Gasteiger partial charge in [0.25, 0.3) is 0 Å². The third-order valence-corrected chi connectivity index (χ3v) is 9.78. The van der Waals surface area contributed by atoms with Gasteiger partial charge in [0, 0.05) is 30.6 Å². The maximum absolute atomic E-state index is 12.7. The Morgan fingerprint density at radius 2 is 1.06 bits per heavy atom. The minimum atomic E-state index is -0.313. The predicted octanol–water partition coefficient (Wildman–Crippen LogP) is 8.95. The lowest BCUT2D eigenvalue weighted by Crippen LogP contribution is -2.04. The van der Waals surface area contributed by atoms with Crippen LogP contribution in [0.15, 0.2) is 71.4 Å². The third kappa shape index (κ3) is 4.95. The molecule has 4 aromatic heterocycles. The maximum atomic E-state index is 12.7. The predicted molar refractivity (Wildman–Crippen MR) is 152 cm³/mol. The van der Waals surface area contributed by atoms with Crippen molar-refractivity contribution in [2.24, 2.45) is 0 Å². The van der Waals surface area contributed by atoms with E-state index in [9.17, 15) is 9.59 Å². The molecule has 5 aromatic rings. The van der Waals surface area contributed by atoms with Crippen LogP contribution in [0.3, 0.4) is 0 Å². The van der Waals surface area contributed by atoms with Crippen LogP contribution in [0.1, 0.15) is 33.2 Å². The van der Waals surface area contributed by atoms with Crippen molar-refractivity contribution in [3.05, 3.63) is 81.2 Å². The van der Waals surface area contributed by atoms with Crippen molar-refractivity contribution < 1.29 is 19.1 Å². The Bertz CT molecular complexity index is 1360. The van der Waals surface area contributed by atoms with Crippen LogP contribution in [-0.4, -0.2) is 25.2 Å². The summed E-state index contributed by atoms with van der Waals surface area (Å²) in [7, 11) is 0. The average molecular weight is 551 g/mol. The highest BCUT2D eigenvalue weighted by atomic mass is 32.1. The van der Waals surface area contributed by atoms with Gasteiger partial charge >= 0.3 is 11.9 Å². The molecule has 0 unspecified atom stereocenters. The minimum Gasteiger partial charge on any atom is -0.462 e. The summed E-state index contributed by atoms with van der Waals surface area (Å²) in [6.45, 7) is 4.27. The second-order valence-electron chi connectivity index (χ2n) is 7.68. The zero-order valence-electron chi connectivity index (χ0n) is 19.6. The molecule has 5 rings (SSSR count). The van der Waals surface area contributed by atoms with Gasteiger partial charge in [-0.05, 0) is 60.0 Å². The zero-order chi connectivity index (χ0) is 25.1. The van der Waals surface area contributed by atoms with Gasteiger partial charge in [0.05, 0.1) is 13.2 Å². The lowest BCUT2D eigenvalue weighted by molar-refractivity contribution is 0.0523. The fourth-order valence-electron chi connectivity index (χ4n) is 3.82. The minimum absolute atomic E-state index is 0.313. The summed E-state index contributed by atoms with van der Waals surface area (Å²) in [4.78, 5) is 31.0. The standard InChI is InChI=1S/C28H22O4S4/c1-3-31-27(29)25-19(15-23(35-25)21-7-5-13-33-21)17-9-11-18(12-10-17)20-16-24(22-8-6-14-34-22)36-26(20)28(30)32-4-2/h5-16H,3-4H2,1-2H3. The molecule has 0 saturated heterocycles. The van der Waals surface area contributed by atoms with Gasteiger partial charge in [-0.3, -0.25) is 0 Å². The van der Waals surface area contributed by atoms with Crippen LogP contribution in [0, 0.1) is 0 Å². The quantitative estimate of drug-likeness (QED) is 0.181. The van der Waals surface area contributed by atoms with Crippen LogP contribution in [0.2, 0.25) is 0 Å². The smallest absolute Gasteiger partial charge is 0.348 e. The molecule has 4 heterocycles. The Kier molecular flexibility index (Phi) is 7.48. The number of ether oxygens (including phenoxy) is 2. The summed E-state index contributed by atoms with van der Waals surface area (Å²) in [6, 6.07) is 20.2. The van der Waals surface area contributed by atoms with Crippen LogP contribution >= 0.6 is 45.3 Å². The summed E-state index contributed by atoms with van der Waals surface area (Å²) in [5.74, 6) is -0.625. The Labute approximate surface area is 225 Å². The molecule has 0 aliphatic carbocycles. The molecule has 36 heavy (non-hydrogen) atoms.